The lowest BCUT2D eigenvalue weighted by Gasteiger charge is -2.50. The Balaban J connectivity index is 1.55. The van der Waals surface area contributed by atoms with Gasteiger partial charge in [-0.1, -0.05) is 32.0 Å². The normalized spacial score (nSPS) is 29.0. The lowest BCUT2D eigenvalue weighted by Crippen LogP contribution is -2.63. The van der Waals surface area contributed by atoms with Crippen LogP contribution in [-0.2, 0) is 27.3 Å². The van der Waals surface area contributed by atoms with E-state index in [1.807, 2.05) is 6.92 Å². The molecule has 1 aliphatic heterocycles. The first-order valence-corrected chi connectivity index (χ1v) is 14.8. The zero-order valence-electron chi connectivity index (χ0n) is 24.1. The molecular weight excluding hydrogens is 552 g/mol. The fourth-order valence-corrected chi connectivity index (χ4v) is 7.79. The molecule has 4 aliphatic rings. The van der Waals surface area contributed by atoms with E-state index in [1.54, 1.807) is 13.0 Å². The Morgan fingerprint density at radius 2 is 1.77 bits per heavy atom. The summed E-state index contributed by atoms with van der Waals surface area (Å²) in [5.41, 5.74) is 5.42. The number of primary amides is 1. The molecule has 10 nitrogen and oxygen atoms in total. The van der Waals surface area contributed by atoms with Gasteiger partial charge in [0.1, 0.15) is 22.8 Å². The maximum atomic E-state index is 14.0. The molecule has 226 valence electrons. The number of phenolic OH excluding ortho intramolecular Hbond substituents is 1. The monoisotopic (exact) mass is 588 g/mol. The van der Waals surface area contributed by atoms with Crippen LogP contribution in [0.4, 0.5) is 0 Å². The van der Waals surface area contributed by atoms with Crippen LogP contribution in [0.25, 0.3) is 16.9 Å². The molecule has 1 saturated heterocycles. The van der Waals surface area contributed by atoms with E-state index in [9.17, 15) is 39.9 Å². The summed E-state index contributed by atoms with van der Waals surface area (Å²) in [5, 5.41) is 56.7. The third kappa shape index (κ3) is 4.15. The van der Waals surface area contributed by atoms with Crippen molar-refractivity contribution in [3.8, 4) is 16.9 Å². The second kappa shape index (κ2) is 10.3. The van der Waals surface area contributed by atoms with E-state index in [2.05, 4.69) is 23.1 Å². The van der Waals surface area contributed by atoms with Crippen molar-refractivity contribution in [1.29, 1.82) is 0 Å². The number of nitrogens with zero attached hydrogens (tertiary/aromatic N) is 1. The lowest BCUT2D eigenvalue weighted by molar-refractivity contribution is -0.160. The van der Waals surface area contributed by atoms with Crippen molar-refractivity contribution in [2.24, 2.45) is 17.6 Å². The van der Waals surface area contributed by atoms with Gasteiger partial charge in [-0.15, -0.1) is 0 Å². The molecule has 1 saturated carbocycles. The summed E-state index contributed by atoms with van der Waals surface area (Å²) < 4.78 is 0. The molecule has 0 radical (unpaired) electrons. The number of carbonyl (C=O) groups is 3. The minimum absolute atomic E-state index is 0.00340. The average molecular weight is 589 g/mol. The number of amides is 1. The van der Waals surface area contributed by atoms with Crippen LogP contribution in [-0.4, -0.2) is 72.7 Å². The summed E-state index contributed by atoms with van der Waals surface area (Å²) in [7, 11) is 0. The number of aryl methyl sites for hydroxylation is 1. The molecule has 2 fully saturated rings. The number of Topliss-reactive ketones (excluding diaryl/α,β-unsaturated/α-hetero) is 2. The topological polar surface area (TPSA) is 182 Å². The van der Waals surface area contributed by atoms with Crippen molar-refractivity contribution in [2.45, 2.75) is 63.7 Å². The second-order valence-corrected chi connectivity index (χ2v) is 12.2. The van der Waals surface area contributed by atoms with Crippen LogP contribution in [0.1, 0.15) is 61.3 Å². The predicted molar refractivity (Wildman–Crippen MR) is 157 cm³/mol. The molecule has 10 heteroatoms. The van der Waals surface area contributed by atoms with Crippen LogP contribution in [0.3, 0.4) is 0 Å². The molecule has 43 heavy (non-hydrogen) atoms. The van der Waals surface area contributed by atoms with Gasteiger partial charge in [-0.3, -0.25) is 19.3 Å². The number of ketones is 2. The first-order chi connectivity index (χ1) is 20.4. The Kier molecular flexibility index (Phi) is 6.99. The highest BCUT2D eigenvalue weighted by Gasteiger charge is 2.65. The van der Waals surface area contributed by atoms with Gasteiger partial charge in [-0.2, -0.15) is 0 Å². The number of benzene rings is 2. The summed E-state index contributed by atoms with van der Waals surface area (Å²) in [4.78, 5) is 41.1. The number of nitrogens with two attached hydrogens (primary N) is 1. The highest BCUT2D eigenvalue weighted by atomic mass is 16.4. The number of rotatable bonds is 5. The number of fused-ring (bicyclic) bond motifs is 3. The van der Waals surface area contributed by atoms with Gasteiger partial charge < -0.3 is 31.3 Å². The van der Waals surface area contributed by atoms with Crippen molar-refractivity contribution < 1.29 is 39.9 Å². The SMILES string of the molecule is CCc1ccc(CN2CCCC2)cc1-c1ccc(O)c2c1[C@H](C)[C@@H]1C(=C2O)C(=O)[C@]2(O)C(O)=C(C(N)=O)C(=O)C[C@@H]2[C@H]1O. The van der Waals surface area contributed by atoms with Crippen LogP contribution < -0.4 is 5.73 Å². The van der Waals surface area contributed by atoms with Gasteiger partial charge in [-0.25, -0.2) is 0 Å². The van der Waals surface area contributed by atoms with E-state index in [1.165, 1.54) is 18.9 Å². The number of likely N-dealkylation sites (tertiary alicyclic amines) is 1. The quantitative estimate of drug-likeness (QED) is 0.286. The van der Waals surface area contributed by atoms with Gasteiger partial charge in [0, 0.05) is 30.4 Å². The van der Waals surface area contributed by atoms with Crippen molar-refractivity contribution in [2.75, 3.05) is 13.1 Å². The summed E-state index contributed by atoms with van der Waals surface area (Å²) in [6.45, 7) is 6.65. The number of hydrogen-bond donors (Lipinski definition) is 6. The summed E-state index contributed by atoms with van der Waals surface area (Å²) in [5.74, 6) is -8.78. The predicted octanol–water partition coefficient (Wildman–Crippen LogP) is 2.78. The highest BCUT2D eigenvalue weighted by Crippen LogP contribution is 2.57. The Bertz CT molecular complexity index is 1640. The van der Waals surface area contributed by atoms with Gasteiger partial charge in [0.2, 0.25) is 5.78 Å². The maximum absolute atomic E-state index is 14.0. The molecule has 1 amide bonds. The third-order valence-corrected chi connectivity index (χ3v) is 9.93. The Morgan fingerprint density at radius 1 is 1.07 bits per heavy atom. The van der Waals surface area contributed by atoms with E-state index < -0.39 is 70.4 Å². The number of carbonyl (C=O) groups excluding carboxylic acids is 3. The van der Waals surface area contributed by atoms with Crippen molar-refractivity contribution >= 4 is 23.2 Å². The van der Waals surface area contributed by atoms with Crippen LogP contribution in [0, 0.1) is 11.8 Å². The molecule has 5 atom stereocenters. The van der Waals surface area contributed by atoms with E-state index in [4.69, 9.17) is 5.73 Å². The molecule has 0 spiro atoms. The van der Waals surface area contributed by atoms with E-state index in [-0.39, 0.29) is 16.9 Å². The summed E-state index contributed by atoms with van der Waals surface area (Å²) in [6.07, 6.45) is 0.857. The minimum Gasteiger partial charge on any atom is -0.508 e. The zero-order valence-corrected chi connectivity index (χ0v) is 24.1. The molecule has 2 aromatic rings. The zero-order chi connectivity index (χ0) is 31.0. The number of aliphatic hydroxyl groups excluding tert-OH is 3. The molecule has 3 aliphatic carbocycles. The smallest absolute Gasteiger partial charge is 0.255 e. The van der Waals surface area contributed by atoms with Crippen molar-refractivity contribution in [3.63, 3.8) is 0 Å². The molecule has 7 N–H and O–H groups in total. The molecule has 2 aromatic carbocycles. The van der Waals surface area contributed by atoms with E-state index >= 15 is 0 Å². The molecule has 0 unspecified atom stereocenters. The first kappa shape index (κ1) is 29.1. The van der Waals surface area contributed by atoms with Crippen LogP contribution >= 0.6 is 0 Å². The van der Waals surface area contributed by atoms with Crippen LogP contribution in [0.15, 0.2) is 47.2 Å². The number of phenols is 1. The molecule has 1 heterocycles. The van der Waals surface area contributed by atoms with Gasteiger partial charge in [0.05, 0.1) is 11.7 Å². The summed E-state index contributed by atoms with van der Waals surface area (Å²) in [6, 6.07) is 9.50. The Hall–Kier alpha value is -3.99. The van der Waals surface area contributed by atoms with Gasteiger partial charge in [0.15, 0.2) is 11.4 Å². The Labute approximate surface area is 248 Å². The fraction of sp³-hybridized carbons (Fsp3) is 0.424. The van der Waals surface area contributed by atoms with Crippen LogP contribution in [0.5, 0.6) is 5.75 Å². The highest BCUT2D eigenvalue weighted by molar-refractivity contribution is 6.23. The lowest BCUT2D eigenvalue weighted by atomic mass is 9.55. The van der Waals surface area contributed by atoms with Gasteiger partial charge in [-0.05, 0) is 78.2 Å². The van der Waals surface area contributed by atoms with E-state index in [0.717, 1.165) is 41.9 Å². The number of aliphatic hydroxyl groups is 4. The molecule has 0 aromatic heterocycles. The molecule has 6 rings (SSSR count). The first-order valence-electron chi connectivity index (χ1n) is 14.8. The number of hydrogen-bond acceptors (Lipinski definition) is 9. The van der Waals surface area contributed by atoms with Gasteiger partial charge >= 0.3 is 0 Å². The summed E-state index contributed by atoms with van der Waals surface area (Å²) >= 11 is 0. The van der Waals surface area contributed by atoms with E-state index in [0.29, 0.717) is 12.0 Å². The average Bonchev–Trinajstić information content (AvgIpc) is 3.48. The largest absolute Gasteiger partial charge is 0.508 e. The number of aromatic hydroxyl groups is 1. The van der Waals surface area contributed by atoms with Crippen molar-refractivity contribution in [3.05, 3.63) is 69.5 Å². The Morgan fingerprint density at radius 3 is 2.42 bits per heavy atom. The molecular formula is C33H36N2O8. The van der Waals surface area contributed by atoms with Gasteiger partial charge in [0.25, 0.3) is 5.91 Å². The maximum Gasteiger partial charge on any atom is 0.255 e. The third-order valence-electron chi connectivity index (χ3n) is 9.93. The minimum atomic E-state index is -2.86. The fourth-order valence-electron chi connectivity index (χ4n) is 7.79. The van der Waals surface area contributed by atoms with Crippen LogP contribution in [0.2, 0.25) is 0 Å². The molecule has 0 bridgehead atoms. The van der Waals surface area contributed by atoms with Crippen molar-refractivity contribution in [1.82, 2.24) is 4.90 Å². The standard InChI is InChI=1S/C33H36N2O8/c1-3-17-7-6-16(14-35-10-4-5-11-35)12-19(17)18-8-9-21(36)25-23(18)15(2)24-27(29(25)39)31(41)33(43)20(28(24)38)13-22(37)26(30(33)40)32(34)42/h6-9,12,15,20,24,28,36,38-40,43H,3-5,10-11,13-14H2,1-2H3,(H2,34,42)/t15-,20+,24+,28+,33+/m0/s1. The second-order valence-electron chi connectivity index (χ2n) is 12.2.